The monoisotopic (exact) mass is 440 g/mol. The molecular weight excluding hydrogens is 396 g/mol. The van der Waals surface area contributed by atoms with Crippen LogP contribution in [-0.2, 0) is 6.42 Å². The molecule has 0 saturated heterocycles. The van der Waals surface area contributed by atoms with Crippen molar-refractivity contribution in [2.45, 2.75) is 110 Å². The molecule has 0 N–H and O–H groups in total. The minimum atomic E-state index is -1.88. The van der Waals surface area contributed by atoms with E-state index in [4.69, 9.17) is 9.16 Å². The Morgan fingerprint density at radius 1 is 1.19 bits per heavy atom. The Balaban J connectivity index is 1.99. The number of aryl methyl sites for hydroxylation is 1. The van der Waals surface area contributed by atoms with Gasteiger partial charge in [-0.15, -0.1) is 6.58 Å². The predicted octanol–water partition coefficient (Wildman–Crippen LogP) is 8.58. The van der Waals surface area contributed by atoms with Gasteiger partial charge in [-0.3, -0.25) is 0 Å². The maximum absolute atomic E-state index is 6.84. The molecule has 2 aliphatic rings. The van der Waals surface area contributed by atoms with Gasteiger partial charge in [0.1, 0.15) is 17.1 Å². The van der Waals surface area contributed by atoms with E-state index in [2.05, 4.69) is 65.6 Å². The average Bonchev–Trinajstić information content (AvgIpc) is 2.66. The number of allylic oxidation sites excluding steroid dienone is 3. The lowest BCUT2D eigenvalue weighted by Crippen LogP contribution is -2.45. The van der Waals surface area contributed by atoms with Crippen molar-refractivity contribution in [3.8, 4) is 11.5 Å². The molecule has 1 aliphatic heterocycles. The van der Waals surface area contributed by atoms with E-state index in [1.165, 1.54) is 61.6 Å². The summed E-state index contributed by atoms with van der Waals surface area (Å²) in [7, 11) is -1.88. The zero-order valence-corrected chi connectivity index (χ0v) is 21.9. The first kappa shape index (κ1) is 24.2. The van der Waals surface area contributed by atoms with Crippen molar-refractivity contribution in [2.75, 3.05) is 0 Å². The van der Waals surface area contributed by atoms with Gasteiger partial charge in [-0.05, 0) is 83.3 Å². The first-order valence-electron chi connectivity index (χ1n) is 12.5. The predicted molar refractivity (Wildman–Crippen MR) is 136 cm³/mol. The van der Waals surface area contributed by atoms with Crippen LogP contribution in [0.1, 0.15) is 89.7 Å². The molecule has 1 aromatic rings. The van der Waals surface area contributed by atoms with E-state index >= 15 is 0 Å². The van der Waals surface area contributed by atoms with Crippen LogP contribution >= 0.6 is 0 Å². The second-order valence-electron chi connectivity index (χ2n) is 10.9. The molecule has 0 spiro atoms. The van der Waals surface area contributed by atoms with Gasteiger partial charge in [-0.25, -0.2) is 0 Å². The topological polar surface area (TPSA) is 18.5 Å². The van der Waals surface area contributed by atoms with Crippen LogP contribution in [0.3, 0.4) is 0 Å². The fraction of sp³-hybridized carbons (Fsp3) is 0.643. The first-order chi connectivity index (χ1) is 14.7. The van der Waals surface area contributed by atoms with E-state index in [0.29, 0.717) is 11.8 Å². The van der Waals surface area contributed by atoms with Crippen LogP contribution in [0.25, 0.3) is 0 Å². The number of rotatable bonds is 10. The summed E-state index contributed by atoms with van der Waals surface area (Å²) in [6.45, 7) is 17.7. The van der Waals surface area contributed by atoms with Gasteiger partial charge >= 0.3 is 0 Å². The minimum absolute atomic E-state index is 0.153. The highest BCUT2D eigenvalue weighted by Crippen LogP contribution is 2.54. The Kier molecular flexibility index (Phi) is 7.78. The van der Waals surface area contributed by atoms with E-state index < -0.39 is 8.32 Å². The van der Waals surface area contributed by atoms with Crippen molar-refractivity contribution in [1.82, 2.24) is 0 Å². The molecule has 1 aromatic carbocycles. The van der Waals surface area contributed by atoms with Gasteiger partial charge in [0.25, 0.3) is 0 Å². The van der Waals surface area contributed by atoms with Crippen LogP contribution in [0, 0.1) is 5.92 Å². The third-order valence-electron chi connectivity index (χ3n) is 7.10. The molecule has 0 aromatic heterocycles. The quantitative estimate of drug-likeness (QED) is 0.206. The van der Waals surface area contributed by atoms with Gasteiger partial charge in [0, 0.05) is 17.4 Å². The Bertz CT molecular complexity index is 805. The SMILES string of the molecule is C=CC[Si](C)(C)Oc1cc(CCCCCCC)cc2c1[C@@H]1C=C(C)CC[C@H]1C(C)(C)O2. The lowest BCUT2D eigenvalue weighted by atomic mass is 9.68. The normalized spacial score (nSPS) is 22.1. The third kappa shape index (κ3) is 5.86. The summed E-state index contributed by atoms with van der Waals surface area (Å²) in [4.78, 5) is 0. The van der Waals surface area contributed by atoms with Crippen LogP contribution in [0.4, 0.5) is 0 Å². The van der Waals surface area contributed by atoms with Crippen LogP contribution in [-0.4, -0.2) is 13.9 Å². The molecule has 172 valence electrons. The first-order valence-corrected chi connectivity index (χ1v) is 15.6. The molecule has 31 heavy (non-hydrogen) atoms. The van der Waals surface area contributed by atoms with Crippen molar-refractivity contribution in [1.29, 1.82) is 0 Å². The largest absolute Gasteiger partial charge is 0.543 e. The van der Waals surface area contributed by atoms with Gasteiger partial charge in [0.2, 0.25) is 8.32 Å². The van der Waals surface area contributed by atoms with Gasteiger partial charge in [0.05, 0.1) is 0 Å². The van der Waals surface area contributed by atoms with E-state index in [9.17, 15) is 0 Å². The third-order valence-corrected chi connectivity index (χ3v) is 9.15. The molecule has 0 radical (unpaired) electrons. The highest BCUT2D eigenvalue weighted by atomic mass is 28.4. The molecule has 0 bridgehead atoms. The van der Waals surface area contributed by atoms with Crippen LogP contribution < -0.4 is 9.16 Å². The molecule has 0 saturated carbocycles. The van der Waals surface area contributed by atoms with Crippen molar-refractivity contribution in [3.63, 3.8) is 0 Å². The summed E-state index contributed by atoms with van der Waals surface area (Å²) in [5.41, 5.74) is 4.00. The molecule has 1 aliphatic carbocycles. The van der Waals surface area contributed by atoms with Crippen molar-refractivity contribution < 1.29 is 9.16 Å². The molecule has 0 unspecified atom stereocenters. The smallest absolute Gasteiger partial charge is 0.248 e. The molecule has 0 fully saturated rings. The maximum Gasteiger partial charge on any atom is 0.248 e. The number of fused-ring (bicyclic) bond motifs is 3. The van der Waals surface area contributed by atoms with Crippen LogP contribution in [0.15, 0.2) is 36.4 Å². The standard InChI is InChI=1S/C28H44O2Si/c1-8-10-11-12-13-14-22-19-25-27(26(20-22)30-31(6,7)17-9-2)23-18-21(3)15-16-24(23)28(4,5)29-25/h9,18-20,23-24H,2,8,10-17H2,1,3-7H3/t23-,24-/m1/s1. The van der Waals surface area contributed by atoms with Crippen LogP contribution in [0.5, 0.6) is 11.5 Å². The Morgan fingerprint density at radius 3 is 2.65 bits per heavy atom. The highest BCUT2D eigenvalue weighted by Gasteiger charge is 2.45. The van der Waals surface area contributed by atoms with E-state index in [-0.39, 0.29) is 5.60 Å². The lowest BCUT2D eigenvalue weighted by molar-refractivity contribution is 0.0110. The lowest BCUT2D eigenvalue weighted by Gasteiger charge is -2.47. The Morgan fingerprint density at radius 2 is 1.94 bits per heavy atom. The summed E-state index contributed by atoms with van der Waals surface area (Å²) < 4.78 is 13.5. The molecule has 3 rings (SSSR count). The second-order valence-corrected chi connectivity index (χ2v) is 15.0. The number of benzene rings is 1. The van der Waals surface area contributed by atoms with Gasteiger partial charge in [-0.1, -0.05) is 50.3 Å². The fourth-order valence-electron chi connectivity index (χ4n) is 5.41. The highest BCUT2D eigenvalue weighted by molar-refractivity contribution is 6.72. The molecular formula is C28H44O2Si. The maximum atomic E-state index is 6.84. The number of unbranched alkanes of at least 4 members (excludes halogenated alkanes) is 4. The van der Waals surface area contributed by atoms with E-state index in [1.54, 1.807) is 0 Å². The summed E-state index contributed by atoms with van der Waals surface area (Å²) in [5, 5.41) is 0. The Labute approximate surface area is 192 Å². The molecule has 2 atom stereocenters. The second kappa shape index (κ2) is 9.98. The summed E-state index contributed by atoms with van der Waals surface area (Å²) in [5.74, 6) is 3.02. The molecule has 3 heteroatoms. The van der Waals surface area contributed by atoms with Crippen molar-refractivity contribution in [2.24, 2.45) is 5.92 Å². The number of ether oxygens (including phenoxy) is 1. The fourth-order valence-corrected chi connectivity index (χ4v) is 6.95. The van der Waals surface area contributed by atoms with Crippen LogP contribution in [0.2, 0.25) is 19.1 Å². The molecule has 0 amide bonds. The van der Waals surface area contributed by atoms with E-state index in [0.717, 1.165) is 24.0 Å². The minimum Gasteiger partial charge on any atom is -0.543 e. The zero-order valence-electron chi connectivity index (χ0n) is 20.9. The average molecular weight is 441 g/mol. The van der Waals surface area contributed by atoms with Gasteiger partial charge in [0.15, 0.2) is 0 Å². The van der Waals surface area contributed by atoms with E-state index in [1.807, 2.05) is 6.08 Å². The molecule has 2 nitrogen and oxygen atoms in total. The molecule has 1 heterocycles. The number of hydrogen-bond acceptors (Lipinski definition) is 2. The zero-order chi connectivity index (χ0) is 22.6. The Hall–Kier alpha value is -1.48. The summed E-state index contributed by atoms with van der Waals surface area (Å²) in [6.07, 6.45) is 14.5. The van der Waals surface area contributed by atoms with Gasteiger partial charge < -0.3 is 9.16 Å². The van der Waals surface area contributed by atoms with Crippen molar-refractivity contribution in [3.05, 3.63) is 47.6 Å². The summed E-state index contributed by atoms with van der Waals surface area (Å²) in [6, 6.07) is 5.62. The number of hydrogen-bond donors (Lipinski definition) is 0. The van der Waals surface area contributed by atoms with Crippen molar-refractivity contribution >= 4 is 8.32 Å². The van der Waals surface area contributed by atoms with Gasteiger partial charge in [-0.2, -0.15) is 0 Å². The summed E-state index contributed by atoms with van der Waals surface area (Å²) >= 11 is 0.